The second-order valence-electron chi connectivity index (χ2n) is 5.57. The van der Waals surface area contributed by atoms with Crippen LogP contribution in [-0.4, -0.2) is 54.1 Å². The SMILES string of the molecule is CNCc1cnc(N2CCN(C3CC3)CC2)nc1C. The first-order valence-corrected chi connectivity index (χ1v) is 7.24. The van der Waals surface area contributed by atoms with E-state index in [1.54, 1.807) is 0 Å². The van der Waals surface area contributed by atoms with E-state index in [1.165, 1.54) is 18.4 Å². The zero-order valence-electron chi connectivity index (χ0n) is 11.9. The molecule has 1 aromatic rings. The molecule has 0 radical (unpaired) electrons. The van der Waals surface area contributed by atoms with E-state index in [0.717, 1.165) is 50.4 Å². The number of rotatable bonds is 4. The maximum Gasteiger partial charge on any atom is 0.225 e. The molecule has 1 aliphatic heterocycles. The molecule has 5 nitrogen and oxygen atoms in total. The molecule has 1 saturated heterocycles. The van der Waals surface area contributed by atoms with Crippen molar-refractivity contribution in [1.29, 1.82) is 0 Å². The summed E-state index contributed by atoms with van der Waals surface area (Å²) in [4.78, 5) is 14.1. The smallest absolute Gasteiger partial charge is 0.225 e. The van der Waals surface area contributed by atoms with Crippen LogP contribution in [0, 0.1) is 6.92 Å². The van der Waals surface area contributed by atoms with E-state index in [-0.39, 0.29) is 0 Å². The van der Waals surface area contributed by atoms with Gasteiger partial charge in [-0.3, -0.25) is 4.90 Å². The van der Waals surface area contributed by atoms with Crippen molar-refractivity contribution in [3.05, 3.63) is 17.5 Å². The molecule has 1 N–H and O–H groups in total. The Morgan fingerprint density at radius 1 is 1.26 bits per heavy atom. The lowest BCUT2D eigenvalue weighted by molar-refractivity contribution is 0.247. The Bertz CT molecular complexity index is 435. The van der Waals surface area contributed by atoms with Crippen LogP contribution in [0.1, 0.15) is 24.1 Å². The molecular formula is C14H23N5. The van der Waals surface area contributed by atoms with Gasteiger partial charge in [0.15, 0.2) is 0 Å². The number of piperazine rings is 1. The molecule has 1 saturated carbocycles. The van der Waals surface area contributed by atoms with Crippen LogP contribution in [0.5, 0.6) is 0 Å². The molecule has 3 rings (SSSR count). The molecule has 1 aliphatic carbocycles. The summed E-state index contributed by atoms with van der Waals surface area (Å²) in [6, 6.07) is 0.878. The van der Waals surface area contributed by atoms with Gasteiger partial charge >= 0.3 is 0 Å². The molecule has 0 bridgehead atoms. The van der Waals surface area contributed by atoms with E-state index in [4.69, 9.17) is 0 Å². The number of hydrogen-bond donors (Lipinski definition) is 1. The van der Waals surface area contributed by atoms with Crippen molar-refractivity contribution in [3.63, 3.8) is 0 Å². The molecular weight excluding hydrogens is 238 g/mol. The van der Waals surface area contributed by atoms with E-state index < -0.39 is 0 Å². The summed E-state index contributed by atoms with van der Waals surface area (Å²) in [7, 11) is 1.95. The standard InChI is InChI=1S/C14H23N5/c1-11-12(9-15-2)10-16-14(17-11)19-7-5-18(6-8-19)13-3-4-13/h10,13,15H,3-9H2,1-2H3. The van der Waals surface area contributed by atoms with Gasteiger partial charge < -0.3 is 10.2 Å². The highest BCUT2D eigenvalue weighted by molar-refractivity contribution is 5.33. The van der Waals surface area contributed by atoms with Crippen molar-refractivity contribution in [2.45, 2.75) is 32.4 Å². The van der Waals surface area contributed by atoms with Crippen LogP contribution in [0.3, 0.4) is 0 Å². The van der Waals surface area contributed by atoms with Crippen molar-refractivity contribution in [1.82, 2.24) is 20.2 Å². The summed E-state index contributed by atoms with van der Waals surface area (Å²) < 4.78 is 0. The highest BCUT2D eigenvalue weighted by Gasteiger charge is 2.31. The summed E-state index contributed by atoms with van der Waals surface area (Å²) in [6.45, 7) is 7.33. The number of aromatic nitrogens is 2. The third kappa shape index (κ3) is 2.87. The molecule has 104 valence electrons. The molecule has 5 heteroatoms. The van der Waals surface area contributed by atoms with Gasteiger partial charge in [0.2, 0.25) is 5.95 Å². The van der Waals surface area contributed by atoms with Gasteiger partial charge in [-0.2, -0.15) is 0 Å². The number of aryl methyl sites for hydroxylation is 1. The minimum atomic E-state index is 0.835. The van der Waals surface area contributed by atoms with Crippen LogP contribution >= 0.6 is 0 Å². The molecule has 0 atom stereocenters. The predicted octanol–water partition coefficient (Wildman–Crippen LogP) is 0.789. The minimum absolute atomic E-state index is 0.835. The van der Waals surface area contributed by atoms with Gasteiger partial charge in [0.05, 0.1) is 0 Å². The fourth-order valence-corrected chi connectivity index (χ4v) is 2.72. The Balaban J connectivity index is 1.64. The molecule has 0 aromatic carbocycles. The summed E-state index contributed by atoms with van der Waals surface area (Å²) in [5.74, 6) is 0.896. The first kappa shape index (κ1) is 12.8. The Kier molecular flexibility index (Phi) is 3.66. The zero-order chi connectivity index (χ0) is 13.2. The van der Waals surface area contributed by atoms with Gasteiger partial charge in [0.25, 0.3) is 0 Å². The van der Waals surface area contributed by atoms with Crippen molar-refractivity contribution in [2.75, 3.05) is 38.1 Å². The Morgan fingerprint density at radius 2 is 2.00 bits per heavy atom. The summed E-state index contributed by atoms with van der Waals surface area (Å²) in [6.07, 6.45) is 4.75. The topological polar surface area (TPSA) is 44.3 Å². The Labute approximate surface area is 115 Å². The Hall–Kier alpha value is -1.20. The van der Waals surface area contributed by atoms with Crippen molar-refractivity contribution in [3.8, 4) is 0 Å². The molecule has 0 spiro atoms. The van der Waals surface area contributed by atoms with Crippen LogP contribution in [0.15, 0.2) is 6.20 Å². The van der Waals surface area contributed by atoms with Crippen molar-refractivity contribution < 1.29 is 0 Å². The normalized spacial score (nSPS) is 20.8. The lowest BCUT2D eigenvalue weighted by atomic mass is 10.2. The van der Waals surface area contributed by atoms with Gasteiger partial charge in [-0.15, -0.1) is 0 Å². The van der Waals surface area contributed by atoms with Gasteiger partial charge in [0.1, 0.15) is 0 Å². The van der Waals surface area contributed by atoms with Gasteiger partial charge in [0, 0.05) is 56.2 Å². The van der Waals surface area contributed by atoms with Crippen LogP contribution in [0.2, 0.25) is 0 Å². The van der Waals surface area contributed by atoms with E-state index >= 15 is 0 Å². The second kappa shape index (κ2) is 5.43. The van der Waals surface area contributed by atoms with Crippen LogP contribution in [-0.2, 0) is 6.54 Å². The first-order chi connectivity index (χ1) is 9.28. The number of anilines is 1. The lowest BCUT2D eigenvalue weighted by Gasteiger charge is -2.34. The summed E-state index contributed by atoms with van der Waals surface area (Å²) in [5.41, 5.74) is 2.27. The van der Waals surface area contributed by atoms with E-state index in [1.807, 2.05) is 13.2 Å². The third-order valence-electron chi connectivity index (χ3n) is 4.10. The average molecular weight is 261 g/mol. The summed E-state index contributed by atoms with van der Waals surface area (Å²) >= 11 is 0. The van der Waals surface area contributed by atoms with Gasteiger partial charge in [-0.05, 0) is 26.8 Å². The first-order valence-electron chi connectivity index (χ1n) is 7.24. The number of nitrogens with one attached hydrogen (secondary N) is 1. The van der Waals surface area contributed by atoms with Gasteiger partial charge in [-0.1, -0.05) is 0 Å². The second-order valence-corrected chi connectivity index (χ2v) is 5.57. The molecule has 2 aliphatic rings. The molecule has 2 heterocycles. The van der Waals surface area contributed by atoms with Crippen molar-refractivity contribution >= 4 is 5.95 Å². The van der Waals surface area contributed by atoms with E-state index in [2.05, 4.69) is 32.0 Å². The third-order valence-corrected chi connectivity index (χ3v) is 4.10. The monoisotopic (exact) mass is 261 g/mol. The lowest BCUT2D eigenvalue weighted by Crippen LogP contribution is -2.47. The number of nitrogens with zero attached hydrogens (tertiary/aromatic N) is 4. The summed E-state index contributed by atoms with van der Waals surface area (Å²) in [5, 5.41) is 3.15. The van der Waals surface area contributed by atoms with Gasteiger partial charge in [-0.25, -0.2) is 9.97 Å². The van der Waals surface area contributed by atoms with Crippen LogP contribution < -0.4 is 10.2 Å². The van der Waals surface area contributed by atoms with Crippen LogP contribution in [0.25, 0.3) is 0 Å². The maximum atomic E-state index is 4.66. The molecule has 19 heavy (non-hydrogen) atoms. The largest absolute Gasteiger partial charge is 0.338 e. The zero-order valence-corrected chi connectivity index (χ0v) is 11.9. The van der Waals surface area contributed by atoms with E-state index in [0.29, 0.717) is 0 Å². The fourth-order valence-electron chi connectivity index (χ4n) is 2.72. The maximum absolute atomic E-state index is 4.66. The van der Waals surface area contributed by atoms with E-state index in [9.17, 15) is 0 Å². The fraction of sp³-hybridized carbons (Fsp3) is 0.714. The molecule has 0 unspecified atom stereocenters. The Morgan fingerprint density at radius 3 is 2.58 bits per heavy atom. The molecule has 0 amide bonds. The highest BCUT2D eigenvalue weighted by atomic mass is 15.3. The minimum Gasteiger partial charge on any atom is -0.338 e. The number of hydrogen-bond acceptors (Lipinski definition) is 5. The molecule has 2 fully saturated rings. The predicted molar refractivity (Wildman–Crippen MR) is 76.3 cm³/mol. The quantitative estimate of drug-likeness (QED) is 0.868. The average Bonchev–Trinajstić information content (AvgIpc) is 3.26. The van der Waals surface area contributed by atoms with Crippen LogP contribution in [0.4, 0.5) is 5.95 Å². The van der Waals surface area contributed by atoms with Crippen molar-refractivity contribution in [2.24, 2.45) is 0 Å². The highest BCUT2D eigenvalue weighted by Crippen LogP contribution is 2.28. The molecule has 1 aromatic heterocycles.